The maximum absolute atomic E-state index is 13.9. The lowest BCUT2D eigenvalue weighted by atomic mass is 9.99. The molecule has 0 heterocycles. The van der Waals surface area contributed by atoms with E-state index in [1.54, 1.807) is 6.07 Å². The first-order valence-corrected chi connectivity index (χ1v) is 9.11. The van der Waals surface area contributed by atoms with Gasteiger partial charge in [-0.3, -0.25) is 4.79 Å². The average molecular weight is 321 g/mol. The molecular weight excluding hydrogens is 289 g/mol. The summed E-state index contributed by atoms with van der Waals surface area (Å²) in [5.41, 5.74) is 1.52. The van der Waals surface area contributed by atoms with Crippen LogP contribution in [0.15, 0.2) is 18.2 Å². The second kappa shape index (κ2) is 9.69. The fourth-order valence-electron chi connectivity index (χ4n) is 2.98. The third kappa shape index (κ3) is 5.05. The van der Waals surface area contributed by atoms with Crippen molar-refractivity contribution >= 4 is 11.6 Å². The summed E-state index contributed by atoms with van der Waals surface area (Å²) in [6, 6.07) is 5.31. The lowest BCUT2D eigenvalue weighted by Gasteiger charge is -2.34. The van der Waals surface area contributed by atoms with E-state index in [-0.39, 0.29) is 23.7 Å². The fraction of sp³-hybridized carbons (Fsp3) is 0.650. The molecule has 0 bridgehead atoms. The first-order valence-electron chi connectivity index (χ1n) is 9.11. The van der Waals surface area contributed by atoms with Crippen LogP contribution in [0.4, 0.5) is 10.1 Å². The summed E-state index contributed by atoms with van der Waals surface area (Å²) in [6.45, 7) is 10.3. The van der Waals surface area contributed by atoms with Crippen LogP contribution in [0.25, 0.3) is 0 Å². The normalized spacial score (nSPS) is 12.5. The second-order valence-corrected chi connectivity index (χ2v) is 6.38. The number of amides is 1. The van der Waals surface area contributed by atoms with Gasteiger partial charge in [0.1, 0.15) is 5.82 Å². The Bertz CT molecular complexity index is 494. The van der Waals surface area contributed by atoms with Crippen molar-refractivity contribution < 1.29 is 9.18 Å². The molecule has 0 aliphatic heterocycles. The minimum Gasteiger partial charge on any atom is -0.309 e. The van der Waals surface area contributed by atoms with E-state index in [0.29, 0.717) is 12.0 Å². The zero-order chi connectivity index (χ0) is 17.4. The van der Waals surface area contributed by atoms with Gasteiger partial charge in [-0.15, -0.1) is 0 Å². The van der Waals surface area contributed by atoms with Crippen molar-refractivity contribution in [2.45, 2.75) is 79.2 Å². The SMILES string of the molecule is CCCC(CCC)N(C(=O)C(C)CC)c1ccc(F)c(CC)c1. The number of hydrogen-bond acceptors (Lipinski definition) is 1. The first-order chi connectivity index (χ1) is 11.0. The standard InChI is InChI=1S/C20H32FNO/c1-6-10-17(11-7-2)22(20(23)15(5)8-3)18-12-13-19(21)16(9-4)14-18/h12-15,17H,6-11H2,1-5H3. The van der Waals surface area contributed by atoms with Crippen molar-refractivity contribution in [2.24, 2.45) is 5.92 Å². The Morgan fingerprint density at radius 1 is 1.13 bits per heavy atom. The summed E-state index contributed by atoms with van der Waals surface area (Å²) >= 11 is 0. The predicted octanol–water partition coefficient (Wildman–Crippen LogP) is 5.74. The Balaban J connectivity index is 3.29. The molecule has 1 aromatic carbocycles. The van der Waals surface area contributed by atoms with E-state index in [2.05, 4.69) is 13.8 Å². The minimum absolute atomic E-state index is 0.0126. The van der Waals surface area contributed by atoms with Gasteiger partial charge in [0.15, 0.2) is 0 Å². The highest BCUT2D eigenvalue weighted by Crippen LogP contribution is 2.27. The number of benzene rings is 1. The van der Waals surface area contributed by atoms with Crippen LogP contribution in [-0.4, -0.2) is 11.9 Å². The third-order valence-corrected chi connectivity index (χ3v) is 4.57. The van der Waals surface area contributed by atoms with Crippen LogP contribution in [0.5, 0.6) is 0 Å². The van der Waals surface area contributed by atoms with Gasteiger partial charge >= 0.3 is 0 Å². The summed E-state index contributed by atoms with van der Waals surface area (Å²) in [6.07, 6.45) is 5.50. The molecule has 0 N–H and O–H groups in total. The summed E-state index contributed by atoms with van der Waals surface area (Å²) in [5, 5.41) is 0. The van der Waals surface area contributed by atoms with Gasteiger partial charge < -0.3 is 4.90 Å². The van der Waals surface area contributed by atoms with Gasteiger partial charge in [0.2, 0.25) is 5.91 Å². The number of carbonyl (C=O) groups is 1. The zero-order valence-corrected chi connectivity index (χ0v) is 15.4. The molecule has 3 heteroatoms. The number of carbonyl (C=O) groups excluding carboxylic acids is 1. The monoisotopic (exact) mass is 321 g/mol. The van der Waals surface area contributed by atoms with E-state index < -0.39 is 0 Å². The number of aryl methyl sites for hydroxylation is 1. The van der Waals surface area contributed by atoms with E-state index in [9.17, 15) is 9.18 Å². The van der Waals surface area contributed by atoms with Gasteiger partial charge in [-0.05, 0) is 49.4 Å². The minimum atomic E-state index is -0.185. The Labute approximate surface area is 141 Å². The van der Waals surface area contributed by atoms with Gasteiger partial charge in [0, 0.05) is 17.6 Å². The molecule has 1 aromatic rings. The molecule has 2 nitrogen and oxygen atoms in total. The summed E-state index contributed by atoms with van der Waals surface area (Å²) in [7, 11) is 0. The Kier molecular flexibility index (Phi) is 8.29. The van der Waals surface area contributed by atoms with Crippen LogP contribution in [-0.2, 0) is 11.2 Å². The van der Waals surface area contributed by atoms with Gasteiger partial charge in [-0.2, -0.15) is 0 Å². The molecule has 1 unspecified atom stereocenters. The molecule has 0 radical (unpaired) electrons. The second-order valence-electron chi connectivity index (χ2n) is 6.38. The van der Waals surface area contributed by atoms with Crippen LogP contribution in [0.3, 0.4) is 0 Å². The Morgan fingerprint density at radius 3 is 2.22 bits per heavy atom. The molecule has 0 spiro atoms. The van der Waals surface area contributed by atoms with E-state index in [1.807, 2.05) is 31.7 Å². The van der Waals surface area contributed by atoms with Gasteiger partial charge in [0.25, 0.3) is 0 Å². The highest BCUT2D eigenvalue weighted by atomic mass is 19.1. The van der Waals surface area contributed by atoms with Crippen LogP contribution in [0, 0.1) is 11.7 Å². The average Bonchev–Trinajstić information content (AvgIpc) is 2.55. The largest absolute Gasteiger partial charge is 0.309 e. The molecule has 1 atom stereocenters. The van der Waals surface area contributed by atoms with Gasteiger partial charge in [-0.25, -0.2) is 4.39 Å². The van der Waals surface area contributed by atoms with Crippen LogP contribution < -0.4 is 4.90 Å². The summed E-state index contributed by atoms with van der Waals surface area (Å²) in [4.78, 5) is 14.9. The maximum atomic E-state index is 13.9. The third-order valence-electron chi connectivity index (χ3n) is 4.57. The highest BCUT2D eigenvalue weighted by molar-refractivity contribution is 5.95. The quantitative estimate of drug-likeness (QED) is 0.568. The topological polar surface area (TPSA) is 20.3 Å². The zero-order valence-electron chi connectivity index (χ0n) is 15.4. The van der Waals surface area contributed by atoms with Crippen molar-refractivity contribution in [3.63, 3.8) is 0 Å². The number of hydrogen-bond donors (Lipinski definition) is 0. The molecule has 1 rings (SSSR count). The van der Waals surface area contributed by atoms with Crippen LogP contribution >= 0.6 is 0 Å². The van der Waals surface area contributed by atoms with Gasteiger partial charge in [0.05, 0.1) is 0 Å². The molecule has 1 amide bonds. The molecule has 0 aliphatic carbocycles. The molecule has 23 heavy (non-hydrogen) atoms. The summed E-state index contributed by atoms with van der Waals surface area (Å²) in [5.74, 6) is -0.0378. The fourth-order valence-corrected chi connectivity index (χ4v) is 2.98. The molecule has 0 fully saturated rings. The first kappa shape index (κ1) is 19.7. The number of nitrogens with zero attached hydrogens (tertiary/aromatic N) is 1. The lowest BCUT2D eigenvalue weighted by molar-refractivity contribution is -0.122. The van der Waals surface area contributed by atoms with E-state index in [0.717, 1.165) is 37.8 Å². The smallest absolute Gasteiger partial charge is 0.230 e. The number of halogens is 1. The molecular formula is C20H32FNO. The predicted molar refractivity (Wildman–Crippen MR) is 96.3 cm³/mol. The summed E-state index contributed by atoms with van der Waals surface area (Å²) < 4.78 is 13.9. The van der Waals surface area contributed by atoms with Crippen LogP contribution in [0.1, 0.15) is 72.3 Å². The Morgan fingerprint density at radius 2 is 1.74 bits per heavy atom. The van der Waals surface area contributed by atoms with Crippen molar-refractivity contribution in [3.8, 4) is 0 Å². The van der Waals surface area contributed by atoms with Gasteiger partial charge in [-0.1, -0.05) is 47.5 Å². The maximum Gasteiger partial charge on any atom is 0.230 e. The molecule has 0 saturated heterocycles. The van der Waals surface area contributed by atoms with E-state index in [4.69, 9.17) is 0 Å². The number of anilines is 1. The Hall–Kier alpha value is -1.38. The van der Waals surface area contributed by atoms with Crippen LogP contribution in [0.2, 0.25) is 0 Å². The van der Waals surface area contributed by atoms with E-state index >= 15 is 0 Å². The van der Waals surface area contributed by atoms with Crippen molar-refractivity contribution in [1.29, 1.82) is 0 Å². The molecule has 0 aromatic heterocycles. The van der Waals surface area contributed by atoms with Crippen molar-refractivity contribution in [2.75, 3.05) is 4.90 Å². The van der Waals surface area contributed by atoms with E-state index in [1.165, 1.54) is 6.07 Å². The molecule has 0 aliphatic rings. The highest BCUT2D eigenvalue weighted by Gasteiger charge is 2.27. The molecule has 130 valence electrons. The lowest BCUT2D eigenvalue weighted by Crippen LogP contribution is -2.43. The van der Waals surface area contributed by atoms with Crippen molar-refractivity contribution in [3.05, 3.63) is 29.6 Å². The van der Waals surface area contributed by atoms with Crippen molar-refractivity contribution in [1.82, 2.24) is 0 Å². The number of rotatable bonds is 9. The molecule has 0 saturated carbocycles.